The van der Waals surface area contributed by atoms with Crippen LogP contribution in [-0.4, -0.2) is 21.2 Å². The Bertz CT molecular complexity index is 1340. The summed E-state index contributed by atoms with van der Waals surface area (Å²) in [6.07, 6.45) is 0. The van der Waals surface area contributed by atoms with Crippen LogP contribution < -0.4 is 14.5 Å². The van der Waals surface area contributed by atoms with Crippen molar-refractivity contribution in [2.45, 2.75) is 26.7 Å². The van der Waals surface area contributed by atoms with Crippen LogP contribution in [0.2, 0.25) is 0 Å². The van der Waals surface area contributed by atoms with E-state index in [9.17, 15) is 0 Å². The van der Waals surface area contributed by atoms with Crippen molar-refractivity contribution in [3.05, 3.63) is 112 Å². The van der Waals surface area contributed by atoms with E-state index in [1.165, 1.54) is 39.1 Å². The standard InChI is InChI=1S/C31H32N2O.BrH/c1-20-18-21(2)28(22(3)19-20)29-24-14-10-11-15-25(24)33(23-12-8-7-9-13-23)26-16-17-27(32(4)5)31(34-6)30(26)29;/h7-19,29H,1-6H3;1H. The fraction of sp³-hybridized carbons (Fsp3) is 0.226. The molecule has 4 aromatic rings. The van der Waals surface area contributed by atoms with Crippen molar-refractivity contribution >= 4 is 39.7 Å². The fourth-order valence-electron chi connectivity index (χ4n) is 5.64. The average Bonchev–Trinajstić information content (AvgIpc) is 2.82. The monoisotopic (exact) mass is 528 g/mol. The number of benzene rings is 4. The van der Waals surface area contributed by atoms with Crippen molar-refractivity contribution in [1.29, 1.82) is 0 Å². The molecule has 0 bridgehead atoms. The highest BCUT2D eigenvalue weighted by Crippen LogP contribution is 2.56. The van der Waals surface area contributed by atoms with Gasteiger partial charge in [0.15, 0.2) is 0 Å². The maximum atomic E-state index is 6.19. The van der Waals surface area contributed by atoms with Gasteiger partial charge in [-0.15, -0.1) is 17.0 Å². The molecule has 0 amide bonds. The topological polar surface area (TPSA) is 15.7 Å². The summed E-state index contributed by atoms with van der Waals surface area (Å²) in [4.78, 5) is 4.51. The summed E-state index contributed by atoms with van der Waals surface area (Å²) in [5, 5.41) is 0. The summed E-state index contributed by atoms with van der Waals surface area (Å²) >= 11 is 0. The smallest absolute Gasteiger partial charge is 0.148 e. The van der Waals surface area contributed by atoms with Crippen molar-refractivity contribution in [3.63, 3.8) is 0 Å². The number of halogens is 1. The summed E-state index contributed by atoms with van der Waals surface area (Å²) in [6, 6.07) is 28.5. The molecule has 1 unspecified atom stereocenters. The molecule has 1 aliphatic rings. The van der Waals surface area contributed by atoms with E-state index in [2.05, 4.69) is 124 Å². The van der Waals surface area contributed by atoms with Crippen LogP contribution in [0, 0.1) is 20.8 Å². The van der Waals surface area contributed by atoms with Crippen LogP contribution in [0.15, 0.2) is 78.9 Å². The van der Waals surface area contributed by atoms with Gasteiger partial charge in [0.05, 0.1) is 24.2 Å². The molecule has 35 heavy (non-hydrogen) atoms. The third-order valence-corrected chi connectivity index (χ3v) is 6.90. The van der Waals surface area contributed by atoms with E-state index in [-0.39, 0.29) is 22.9 Å². The largest absolute Gasteiger partial charge is 0.494 e. The quantitative estimate of drug-likeness (QED) is 0.233. The Morgan fingerprint density at radius 1 is 0.743 bits per heavy atom. The summed E-state index contributed by atoms with van der Waals surface area (Å²) < 4.78 is 6.19. The third-order valence-electron chi connectivity index (χ3n) is 6.90. The number of fused-ring (bicyclic) bond motifs is 2. The molecule has 4 heteroatoms. The second-order valence-electron chi connectivity index (χ2n) is 9.42. The number of rotatable bonds is 4. The molecule has 0 radical (unpaired) electrons. The zero-order valence-corrected chi connectivity index (χ0v) is 23.0. The van der Waals surface area contributed by atoms with Crippen LogP contribution in [0.25, 0.3) is 0 Å². The Morgan fingerprint density at radius 2 is 1.37 bits per heavy atom. The second kappa shape index (κ2) is 9.79. The van der Waals surface area contributed by atoms with Gasteiger partial charge >= 0.3 is 0 Å². The Labute approximate surface area is 219 Å². The molecule has 3 nitrogen and oxygen atoms in total. The lowest BCUT2D eigenvalue weighted by molar-refractivity contribution is 0.409. The lowest BCUT2D eigenvalue weighted by Crippen LogP contribution is -2.25. The van der Waals surface area contributed by atoms with Crippen LogP contribution in [0.4, 0.5) is 22.7 Å². The molecule has 0 saturated heterocycles. The SMILES string of the molecule is Br.COc1c(N(C)C)ccc2c1C(c1c(C)cc(C)cc1C)c1ccccc1N2c1ccccc1. The molecule has 0 N–H and O–H groups in total. The van der Waals surface area contributed by atoms with Crippen molar-refractivity contribution in [3.8, 4) is 5.75 Å². The first-order chi connectivity index (χ1) is 16.4. The number of aryl methyl sites for hydroxylation is 3. The van der Waals surface area contributed by atoms with Gasteiger partial charge in [0, 0.05) is 31.3 Å². The predicted octanol–water partition coefficient (Wildman–Crippen LogP) is 8.23. The third kappa shape index (κ3) is 4.10. The van der Waals surface area contributed by atoms with E-state index in [0.29, 0.717) is 0 Å². The number of methoxy groups -OCH3 is 1. The molecule has 0 spiro atoms. The van der Waals surface area contributed by atoms with Crippen LogP contribution in [0.5, 0.6) is 5.75 Å². The van der Waals surface area contributed by atoms with Gasteiger partial charge in [0.1, 0.15) is 5.75 Å². The minimum Gasteiger partial charge on any atom is -0.494 e. The van der Waals surface area contributed by atoms with Gasteiger partial charge in [0.2, 0.25) is 0 Å². The first kappa shape index (κ1) is 24.9. The van der Waals surface area contributed by atoms with Crippen molar-refractivity contribution in [1.82, 2.24) is 0 Å². The normalized spacial score (nSPS) is 14.0. The molecular formula is C31H33BrN2O. The maximum absolute atomic E-state index is 6.19. The molecule has 0 fully saturated rings. The van der Waals surface area contributed by atoms with Gasteiger partial charge in [0.25, 0.3) is 0 Å². The van der Waals surface area contributed by atoms with Crippen LogP contribution >= 0.6 is 17.0 Å². The summed E-state index contributed by atoms with van der Waals surface area (Å²) in [5.74, 6) is 1.00. The van der Waals surface area contributed by atoms with E-state index in [1.807, 2.05) is 0 Å². The van der Waals surface area contributed by atoms with E-state index < -0.39 is 0 Å². The number of para-hydroxylation sites is 2. The molecule has 0 aliphatic carbocycles. The fourth-order valence-corrected chi connectivity index (χ4v) is 5.64. The number of anilines is 4. The minimum absolute atomic E-state index is 0. The van der Waals surface area contributed by atoms with Crippen molar-refractivity contribution in [2.75, 3.05) is 31.0 Å². The lowest BCUT2D eigenvalue weighted by Gasteiger charge is -2.40. The first-order valence-corrected chi connectivity index (χ1v) is 11.8. The van der Waals surface area contributed by atoms with Gasteiger partial charge in [-0.1, -0.05) is 54.1 Å². The average molecular weight is 530 g/mol. The highest BCUT2D eigenvalue weighted by Gasteiger charge is 2.37. The highest BCUT2D eigenvalue weighted by atomic mass is 79.9. The molecule has 0 saturated carbocycles. The number of nitrogens with zero attached hydrogens (tertiary/aromatic N) is 2. The molecule has 1 heterocycles. The van der Waals surface area contributed by atoms with E-state index in [4.69, 9.17) is 4.74 Å². The van der Waals surface area contributed by atoms with E-state index >= 15 is 0 Å². The summed E-state index contributed by atoms with van der Waals surface area (Å²) in [6.45, 7) is 6.65. The summed E-state index contributed by atoms with van der Waals surface area (Å²) in [5.41, 5.74) is 12.4. The van der Waals surface area contributed by atoms with Gasteiger partial charge in [-0.05, 0) is 73.4 Å². The van der Waals surface area contributed by atoms with Crippen molar-refractivity contribution in [2.24, 2.45) is 0 Å². The zero-order valence-electron chi connectivity index (χ0n) is 21.3. The first-order valence-electron chi connectivity index (χ1n) is 11.8. The maximum Gasteiger partial charge on any atom is 0.148 e. The zero-order chi connectivity index (χ0) is 24.0. The Kier molecular flexibility index (Phi) is 6.95. The van der Waals surface area contributed by atoms with Crippen molar-refractivity contribution < 1.29 is 4.74 Å². The predicted molar refractivity (Wildman–Crippen MR) is 154 cm³/mol. The highest BCUT2D eigenvalue weighted by molar-refractivity contribution is 8.93. The molecule has 180 valence electrons. The van der Waals surface area contributed by atoms with Crippen LogP contribution in [-0.2, 0) is 0 Å². The second-order valence-corrected chi connectivity index (χ2v) is 9.42. The van der Waals surface area contributed by atoms with Crippen LogP contribution in [0.1, 0.15) is 39.3 Å². The molecule has 5 rings (SSSR count). The van der Waals surface area contributed by atoms with Gasteiger partial charge < -0.3 is 14.5 Å². The molecule has 1 aliphatic heterocycles. The number of hydrogen-bond donors (Lipinski definition) is 0. The molecule has 0 aromatic heterocycles. The van der Waals surface area contributed by atoms with E-state index in [0.717, 1.165) is 22.8 Å². The molecule has 4 aromatic carbocycles. The van der Waals surface area contributed by atoms with Gasteiger partial charge in [-0.25, -0.2) is 0 Å². The number of ether oxygens (including phenoxy) is 1. The number of hydrogen-bond acceptors (Lipinski definition) is 3. The van der Waals surface area contributed by atoms with E-state index in [1.54, 1.807) is 7.11 Å². The molecule has 1 atom stereocenters. The Balaban J connectivity index is 0.00000289. The van der Waals surface area contributed by atoms with Crippen LogP contribution in [0.3, 0.4) is 0 Å². The summed E-state index contributed by atoms with van der Waals surface area (Å²) in [7, 11) is 5.95. The van der Waals surface area contributed by atoms with Gasteiger partial charge in [-0.2, -0.15) is 0 Å². The Hall–Kier alpha value is -3.24. The minimum atomic E-state index is 0. The Morgan fingerprint density at radius 3 is 2.00 bits per heavy atom. The molecular weight excluding hydrogens is 496 g/mol. The van der Waals surface area contributed by atoms with Gasteiger partial charge in [-0.3, -0.25) is 0 Å². The lowest BCUT2D eigenvalue weighted by atomic mass is 9.76.